The average Bonchev–Trinajstić information content (AvgIpc) is 2.48. The number of nitrogens with one attached hydrogen (secondary N) is 2. The zero-order valence-electron chi connectivity index (χ0n) is 10.9. The minimum absolute atomic E-state index is 0.386. The van der Waals surface area contributed by atoms with Crippen molar-refractivity contribution >= 4 is 28.9 Å². The minimum atomic E-state index is 0.386. The molecule has 0 heterocycles. The second-order valence-corrected chi connectivity index (χ2v) is 4.35. The van der Waals surface area contributed by atoms with Crippen LogP contribution in [0.1, 0.15) is 0 Å². The fourth-order valence-corrected chi connectivity index (χ4v) is 1.79. The number of guanidine groups is 1. The maximum Gasteiger partial charge on any atom is 0.215 e. The summed E-state index contributed by atoms with van der Waals surface area (Å²) in [6.07, 6.45) is 0. The first-order valence-electron chi connectivity index (χ1n) is 5.94. The van der Waals surface area contributed by atoms with Gasteiger partial charge in [0.05, 0.1) is 7.11 Å². The number of anilines is 1. The predicted molar refractivity (Wildman–Crippen MR) is 82.5 cm³/mol. The predicted octanol–water partition coefficient (Wildman–Crippen LogP) is 2.91. The van der Waals surface area contributed by atoms with Crippen LogP contribution in [0.3, 0.4) is 0 Å². The van der Waals surface area contributed by atoms with Gasteiger partial charge in [0.25, 0.3) is 0 Å². The van der Waals surface area contributed by atoms with Crippen LogP contribution in [0.5, 0.6) is 5.75 Å². The Hall–Kier alpha value is -2.24. The van der Waals surface area contributed by atoms with Crippen LogP contribution in [0, 0.1) is 0 Å². The number of rotatable bonds is 3. The highest BCUT2D eigenvalue weighted by Crippen LogP contribution is 2.30. The largest absolute Gasteiger partial charge is 0.494 e. The van der Waals surface area contributed by atoms with Crippen molar-refractivity contribution in [1.29, 1.82) is 0 Å². The smallest absolute Gasteiger partial charge is 0.215 e. The van der Waals surface area contributed by atoms with E-state index in [1.807, 2.05) is 30.3 Å². The van der Waals surface area contributed by atoms with E-state index in [9.17, 15) is 0 Å². The number of benzene rings is 2. The Bertz CT molecular complexity index is 601. The molecule has 0 atom stereocenters. The second-order valence-electron chi connectivity index (χ2n) is 3.91. The molecule has 0 bridgehead atoms. The topological polar surface area (TPSA) is 71.7 Å². The summed E-state index contributed by atoms with van der Waals surface area (Å²) in [7, 11) is 1.57. The summed E-state index contributed by atoms with van der Waals surface area (Å²) in [5, 5.41) is 3.63. The molecule has 2 aromatic rings. The first kappa shape index (κ1) is 14.2. The van der Waals surface area contributed by atoms with Crippen LogP contribution < -0.4 is 21.3 Å². The third-order valence-corrected chi connectivity index (χ3v) is 2.78. The molecule has 4 N–H and O–H groups in total. The van der Waals surface area contributed by atoms with Crippen molar-refractivity contribution in [3.05, 3.63) is 53.6 Å². The summed E-state index contributed by atoms with van der Waals surface area (Å²) in [5.74, 6) is 6.48. The molecule has 104 valence electrons. The number of nitrogens with two attached hydrogens (primary N) is 1. The van der Waals surface area contributed by atoms with E-state index in [0.29, 0.717) is 22.4 Å². The van der Waals surface area contributed by atoms with Gasteiger partial charge in [-0.05, 0) is 30.3 Å². The lowest BCUT2D eigenvalue weighted by atomic mass is 10.3. The maximum absolute atomic E-state index is 5.96. The number of ether oxygens (including phenoxy) is 1. The van der Waals surface area contributed by atoms with Crippen LogP contribution in [0.4, 0.5) is 11.4 Å². The highest BCUT2D eigenvalue weighted by atomic mass is 35.5. The SMILES string of the molecule is COc1ccc(Cl)cc1N=C(NN)Nc1ccccc1. The summed E-state index contributed by atoms with van der Waals surface area (Å²) in [6, 6.07) is 14.7. The third kappa shape index (κ3) is 3.63. The van der Waals surface area contributed by atoms with Crippen LogP contribution in [0.15, 0.2) is 53.5 Å². The first-order chi connectivity index (χ1) is 9.72. The molecule has 0 amide bonds. The number of aliphatic imine (C=N–C) groups is 1. The van der Waals surface area contributed by atoms with Gasteiger partial charge in [0, 0.05) is 10.7 Å². The normalized spacial score (nSPS) is 11.1. The molecule has 0 unspecified atom stereocenters. The lowest BCUT2D eigenvalue weighted by Crippen LogP contribution is -2.35. The van der Waals surface area contributed by atoms with E-state index in [4.69, 9.17) is 22.2 Å². The molecule has 0 fully saturated rings. The number of halogens is 1. The summed E-state index contributed by atoms with van der Waals surface area (Å²) < 4.78 is 5.23. The van der Waals surface area contributed by atoms with Crippen molar-refractivity contribution in [2.75, 3.05) is 12.4 Å². The van der Waals surface area contributed by atoms with E-state index < -0.39 is 0 Å². The number of hydrogen-bond acceptors (Lipinski definition) is 3. The van der Waals surface area contributed by atoms with Crippen molar-refractivity contribution in [2.45, 2.75) is 0 Å². The Labute approximate surface area is 122 Å². The van der Waals surface area contributed by atoms with Gasteiger partial charge in [0.2, 0.25) is 5.96 Å². The third-order valence-electron chi connectivity index (χ3n) is 2.55. The summed E-state index contributed by atoms with van der Waals surface area (Å²) in [6.45, 7) is 0. The second kappa shape index (κ2) is 6.79. The number of hydrogen-bond donors (Lipinski definition) is 3. The van der Waals surface area contributed by atoms with E-state index in [2.05, 4.69) is 15.7 Å². The molecule has 2 rings (SSSR count). The Balaban J connectivity index is 2.29. The molecule has 0 saturated carbocycles. The monoisotopic (exact) mass is 290 g/mol. The van der Waals surface area contributed by atoms with Crippen LogP contribution >= 0.6 is 11.6 Å². The minimum Gasteiger partial charge on any atom is -0.494 e. The lowest BCUT2D eigenvalue weighted by Gasteiger charge is -2.10. The van der Waals surface area contributed by atoms with Crippen molar-refractivity contribution in [3.63, 3.8) is 0 Å². The Morgan fingerprint density at radius 3 is 2.60 bits per heavy atom. The highest BCUT2D eigenvalue weighted by molar-refractivity contribution is 6.30. The maximum atomic E-state index is 5.96. The van der Waals surface area contributed by atoms with Gasteiger partial charge in [-0.25, -0.2) is 10.8 Å². The molecule has 20 heavy (non-hydrogen) atoms. The van der Waals surface area contributed by atoms with Crippen LogP contribution in [0.25, 0.3) is 0 Å². The number of nitrogens with zero attached hydrogens (tertiary/aromatic N) is 1. The molecule has 0 aliphatic heterocycles. The van der Waals surface area contributed by atoms with Crippen LogP contribution in [-0.2, 0) is 0 Å². The van der Waals surface area contributed by atoms with Crippen molar-refractivity contribution in [3.8, 4) is 5.75 Å². The van der Waals surface area contributed by atoms with Crippen molar-refractivity contribution in [2.24, 2.45) is 10.8 Å². The molecule has 6 heteroatoms. The lowest BCUT2D eigenvalue weighted by molar-refractivity contribution is 0.416. The zero-order chi connectivity index (χ0) is 14.4. The van der Waals surface area contributed by atoms with Gasteiger partial charge in [0.15, 0.2) is 0 Å². The van der Waals surface area contributed by atoms with Gasteiger partial charge in [-0.15, -0.1) is 0 Å². The molecule has 5 nitrogen and oxygen atoms in total. The standard InChI is InChI=1S/C14H15ClN4O/c1-20-13-8-7-10(15)9-12(13)18-14(19-16)17-11-5-3-2-4-6-11/h2-9H,16H2,1H3,(H2,17,18,19). The molecular formula is C14H15ClN4O. The van der Waals surface area contributed by atoms with Gasteiger partial charge in [-0.2, -0.15) is 0 Å². The van der Waals surface area contributed by atoms with Crippen molar-refractivity contribution < 1.29 is 4.74 Å². The Morgan fingerprint density at radius 2 is 1.95 bits per heavy atom. The van der Waals surface area contributed by atoms with Gasteiger partial charge in [-0.1, -0.05) is 29.8 Å². The quantitative estimate of drug-likeness (QED) is 0.352. The molecular weight excluding hydrogens is 276 g/mol. The average molecular weight is 291 g/mol. The zero-order valence-corrected chi connectivity index (χ0v) is 11.7. The van der Waals surface area contributed by atoms with Crippen LogP contribution in [-0.4, -0.2) is 13.1 Å². The summed E-state index contributed by atoms with van der Waals surface area (Å²) in [5.41, 5.74) is 3.96. The molecule has 0 radical (unpaired) electrons. The number of hydrazine groups is 1. The number of methoxy groups -OCH3 is 1. The molecule has 0 saturated heterocycles. The summed E-state index contributed by atoms with van der Waals surface area (Å²) in [4.78, 5) is 4.36. The number of para-hydroxylation sites is 1. The Kier molecular flexibility index (Phi) is 4.81. The van der Waals surface area contributed by atoms with E-state index >= 15 is 0 Å². The van der Waals surface area contributed by atoms with E-state index in [1.54, 1.807) is 25.3 Å². The van der Waals surface area contributed by atoms with Gasteiger partial charge < -0.3 is 10.1 Å². The van der Waals surface area contributed by atoms with Gasteiger partial charge in [-0.3, -0.25) is 5.43 Å². The molecule has 0 aliphatic rings. The summed E-state index contributed by atoms with van der Waals surface area (Å²) >= 11 is 5.96. The van der Waals surface area contributed by atoms with Crippen molar-refractivity contribution in [1.82, 2.24) is 5.43 Å². The van der Waals surface area contributed by atoms with Gasteiger partial charge in [0.1, 0.15) is 11.4 Å². The molecule has 0 aromatic heterocycles. The molecule has 2 aromatic carbocycles. The fourth-order valence-electron chi connectivity index (χ4n) is 1.63. The van der Waals surface area contributed by atoms with E-state index in [-0.39, 0.29) is 0 Å². The molecule has 0 spiro atoms. The van der Waals surface area contributed by atoms with E-state index in [1.165, 1.54) is 0 Å². The Morgan fingerprint density at radius 1 is 1.20 bits per heavy atom. The molecule has 0 aliphatic carbocycles. The van der Waals surface area contributed by atoms with Crippen LogP contribution in [0.2, 0.25) is 5.02 Å². The van der Waals surface area contributed by atoms with E-state index in [0.717, 1.165) is 5.69 Å². The fraction of sp³-hybridized carbons (Fsp3) is 0.0714. The highest BCUT2D eigenvalue weighted by Gasteiger charge is 2.05. The first-order valence-corrected chi connectivity index (χ1v) is 6.31. The van der Waals surface area contributed by atoms with Gasteiger partial charge >= 0.3 is 0 Å².